The van der Waals surface area contributed by atoms with Crippen LogP contribution in [0.5, 0.6) is 0 Å². The van der Waals surface area contributed by atoms with E-state index < -0.39 is 12.1 Å². The minimum atomic E-state index is -0.865. The van der Waals surface area contributed by atoms with Gasteiger partial charge in [0.1, 0.15) is 13.2 Å². The molecule has 0 aliphatic carbocycles. The number of ether oxygens (including phenoxy) is 3. The molecule has 1 atom stereocenters. The maximum absolute atomic E-state index is 12.7. The SMILES string of the molecule is CC/C=C/C=C/C=C/C=C/C=C/CCCC(=O)OCC(COC(=O)CCCCCCC/C=C/C=C/C=C/C=C/C=C/CCC)OC(=O)CCC/C=C/C=C/C=C/C=C/C=C/CC. The van der Waals surface area contributed by atoms with Gasteiger partial charge in [0.2, 0.25) is 0 Å². The van der Waals surface area contributed by atoms with Crippen molar-refractivity contribution < 1.29 is 28.6 Å². The summed E-state index contributed by atoms with van der Waals surface area (Å²) in [7, 11) is 0. The molecule has 0 bridgehead atoms. The predicted molar refractivity (Wildman–Crippen MR) is 264 cm³/mol. The molecule has 0 heterocycles. The number of rotatable bonds is 37. The molecule has 0 saturated heterocycles. The van der Waals surface area contributed by atoms with Crippen molar-refractivity contribution >= 4 is 17.9 Å². The van der Waals surface area contributed by atoms with Gasteiger partial charge in [-0.1, -0.05) is 229 Å². The van der Waals surface area contributed by atoms with Crippen molar-refractivity contribution in [1.29, 1.82) is 0 Å². The first-order valence-electron chi connectivity index (χ1n) is 23.0. The van der Waals surface area contributed by atoms with Crippen molar-refractivity contribution in [3.63, 3.8) is 0 Å². The van der Waals surface area contributed by atoms with Crippen molar-refractivity contribution in [2.75, 3.05) is 13.2 Å². The highest BCUT2D eigenvalue weighted by molar-refractivity contribution is 5.71. The second-order valence-corrected chi connectivity index (χ2v) is 14.2. The lowest BCUT2D eigenvalue weighted by Crippen LogP contribution is -2.30. The zero-order valence-corrected chi connectivity index (χ0v) is 38.3. The Morgan fingerprint density at radius 2 is 0.645 bits per heavy atom. The summed E-state index contributed by atoms with van der Waals surface area (Å²) in [5, 5.41) is 0. The summed E-state index contributed by atoms with van der Waals surface area (Å²) in [6.07, 6.45) is 73.1. The van der Waals surface area contributed by atoms with E-state index in [0.717, 1.165) is 64.2 Å². The first-order chi connectivity index (χ1) is 30.5. The average molecular weight is 847 g/mol. The second kappa shape index (κ2) is 48.2. The second-order valence-electron chi connectivity index (χ2n) is 14.2. The summed E-state index contributed by atoms with van der Waals surface area (Å²) in [6.45, 7) is 6.05. The van der Waals surface area contributed by atoms with Crippen LogP contribution >= 0.6 is 0 Å². The van der Waals surface area contributed by atoms with Crippen molar-refractivity contribution in [2.24, 2.45) is 0 Å². The Hall–Kier alpha value is -5.49. The molecule has 0 rings (SSSR count). The van der Waals surface area contributed by atoms with E-state index in [0.29, 0.717) is 25.7 Å². The Morgan fingerprint density at radius 3 is 1.05 bits per heavy atom. The van der Waals surface area contributed by atoms with E-state index in [1.807, 2.05) is 146 Å². The van der Waals surface area contributed by atoms with E-state index in [1.165, 1.54) is 6.42 Å². The first-order valence-corrected chi connectivity index (χ1v) is 23.0. The van der Waals surface area contributed by atoms with Gasteiger partial charge in [0.05, 0.1) is 0 Å². The molecule has 0 aliphatic rings. The van der Waals surface area contributed by atoms with Crippen molar-refractivity contribution in [1.82, 2.24) is 0 Å². The van der Waals surface area contributed by atoms with Crippen LogP contribution in [0.1, 0.15) is 130 Å². The molecule has 0 N–H and O–H groups in total. The minimum Gasteiger partial charge on any atom is -0.462 e. The number of esters is 3. The highest BCUT2D eigenvalue weighted by Crippen LogP contribution is 2.10. The zero-order chi connectivity index (χ0) is 45.1. The number of hydrogen-bond donors (Lipinski definition) is 0. The predicted octanol–water partition coefficient (Wildman–Crippen LogP) is 15.0. The first kappa shape index (κ1) is 56.5. The Kier molecular flexibility index (Phi) is 43.9. The lowest BCUT2D eigenvalue weighted by molar-refractivity contribution is -0.167. The smallest absolute Gasteiger partial charge is 0.306 e. The normalized spacial score (nSPS) is 13.8. The minimum absolute atomic E-state index is 0.154. The number of allylic oxidation sites excluding steroid dienone is 30. The molecule has 0 aromatic heterocycles. The Labute approximate surface area is 376 Å². The molecule has 6 nitrogen and oxygen atoms in total. The average Bonchev–Trinajstić information content (AvgIpc) is 3.27. The van der Waals surface area contributed by atoms with Gasteiger partial charge in [-0.05, 0) is 64.2 Å². The summed E-state index contributed by atoms with van der Waals surface area (Å²) in [5.41, 5.74) is 0. The Balaban J connectivity index is 4.69. The monoisotopic (exact) mass is 847 g/mol. The third-order valence-corrected chi connectivity index (χ3v) is 8.49. The molecular weight excluding hydrogens is 769 g/mol. The van der Waals surface area contributed by atoms with Crippen LogP contribution in [-0.4, -0.2) is 37.2 Å². The van der Waals surface area contributed by atoms with Gasteiger partial charge in [0.15, 0.2) is 6.10 Å². The molecule has 0 radical (unpaired) electrons. The lowest BCUT2D eigenvalue weighted by Gasteiger charge is -2.18. The van der Waals surface area contributed by atoms with E-state index in [1.54, 1.807) is 0 Å². The Morgan fingerprint density at radius 1 is 0.339 bits per heavy atom. The summed E-state index contributed by atoms with van der Waals surface area (Å²) in [4.78, 5) is 37.8. The van der Waals surface area contributed by atoms with Crippen LogP contribution in [0.25, 0.3) is 0 Å². The molecule has 6 heteroatoms. The van der Waals surface area contributed by atoms with Crippen LogP contribution < -0.4 is 0 Å². The summed E-state index contributed by atoms with van der Waals surface area (Å²) < 4.78 is 16.6. The van der Waals surface area contributed by atoms with Gasteiger partial charge in [-0.15, -0.1) is 0 Å². The van der Waals surface area contributed by atoms with Crippen molar-refractivity contribution in [3.8, 4) is 0 Å². The fourth-order valence-electron chi connectivity index (χ4n) is 5.12. The van der Waals surface area contributed by atoms with Crippen LogP contribution in [0, 0.1) is 0 Å². The highest BCUT2D eigenvalue weighted by atomic mass is 16.6. The van der Waals surface area contributed by atoms with Gasteiger partial charge in [-0.3, -0.25) is 14.4 Å². The van der Waals surface area contributed by atoms with Gasteiger partial charge in [0.25, 0.3) is 0 Å². The molecule has 0 fully saturated rings. The van der Waals surface area contributed by atoms with Gasteiger partial charge < -0.3 is 14.2 Å². The summed E-state index contributed by atoms with van der Waals surface area (Å²) in [5.74, 6) is -1.15. The third kappa shape index (κ3) is 45.6. The molecule has 0 spiro atoms. The molecule has 0 saturated carbocycles. The molecule has 338 valence electrons. The lowest BCUT2D eigenvalue weighted by atomic mass is 10.1. The van der Waals surface area contributed by atoms with Gasteiger partial charge >= 0.3 is 17.9 Å². The molecule has 0 aromatic rings. The van der Waals surface area contributed by atoms with E-state index in [9.17, 15) is 14.4 Å². The van der Waals surface area contributed by atoms with Crippen LogP contribution in [-0.2, 0) is 28.6 Å². The molecule has 0 aromatic carbocycles. The number of hydrogen-bond acceptors (Lipinski definition) is 6. The van der Waals surface area contributed by atoms with E-state index in [2.05, 4.69) is 57.2 Å². The summed E-state index contributed by atoms with van der Waals surface area (Å²) >= 11 is 0. The molecule has 0 aliphatic heterocycles. The quantitative estimate of drug-likeness (QED) is 0.0268. The van der Waals surface area contributed by atoms with Crippen molar-refractivity contribution in [3.05, 3.63) is 182 Å². The maximum atomic E-state index is 12.7. The van der Waals surface area contributed by atoms with E-state index >= 15 is 0 Å². The zero-order valence-electron chi connectivity index (χ0n) is 38.3. The molecule has 1 unspecified atom stereocenters. The van der Waals surface area contributed by atoms with E-state index in [-0.39, 0.29) is 38.0 Å². The number of carbonyl (C=O) groups excluding carboxylic acids is 3. The van der Waals surface area contributed by atoms with Gasteiger partial charge in [0, 0.05) is 19.3 Å². The van der Waals surface area contributed by atoms with Crippen LogP contribution in [0.2, 0.25) is 0 Å². The standard InChI is InChI=1S/C56H78O6/c1-4-7-10-13-16-19-22-25-26-27-28-29-32-34-37-40-43-46-49-55(58)61-52-53(62-56(59)50-47-44-41-38-35-31-24-21-18-15-12-9-6-3)51-60-54(57)48-45-42-39-36-33-30-23-20-17-14-11-8-5-2/h8-31,33,35-36,38-39,41,53H,4-7,32,34,37,40,42-52H2,1-3H3/b11-8+,12-9+,13-10+,17-14+,18-15+,19-16+,23-20+,24-21+,25-22+,27-26+,29-28+,33-30+,35-31+,39-36+,41-38+. The Bertz CT molecular complexity index is 1580. The highest BCUT2D eigenvalue weighted by Gasteiger charge is 2.19. The molecular formula is C56H78O6. The van der Waals surface area contributed by atoms with Crippen LogP contribution in [0.4, 0.5) is 0 Å². The largest absolute Gasteiger partial charge is 0.462 e. The van der Waals surface area contributed by atoms with Gasteiger partial charge in [-0.25, -0.2) is 0 Å². The van der Waals surface area contributed by atoms with Gasteiger partial charge in [-0.2, -0.15) is 0 Å². The molecule has 62 heavy (non-hydrogen) atoms. The topological polar surface area (TPSA) is 78.9 Å². The number of unbranched alkanes of at least 4 members (excludes halogenated alkanes) is 8. The summed E-state index contributed by atoms with van der Waals surface area (Å²) in [6, 6.07) is 0. The fourth-order valence-corrected chi connectivity index (χ4v) is 5.12. The molecule has 0 amide bonds. The van der Waals surface area contributed by atoms with Crippen molar-refractivity contribution in [2.45, 2.75) is 136 Å². The maximum Gasteiger partial charge on any atom is 0.306 e. The third-order valence-electron chi connectivity index (χ3n) is 8.49. The van der Waals surface area contributed by atoms with Crippen LogP contribution in [0.3, 0.4) is 0 Å². The fraction of sp³-hybridized carbons (Fsp3) is 0.411. The number of carbonyl (C=O) groups is 3. The van der Waals surface area contributed by atoms with E-state index in [4.69, 9.17) is 14.2 Å². The van der Waals surface area contributed by atoms with Crippen LogP contribution in [0.15, 0.2) is 182 Å².